The summed E-state index contributed by atoms with van der Waals surface area (Å²) in [7, 11) is 4.29. The average Bonchev–Trinajstić information content (AvgIpc) is 3.05. The van der Waals surface area contributed by atoms with Gasteiger partial charge in [0.25, 0.3) is 0 Å². The first kappa shape index (κ1) is 44.8. The van der Waals surface area contributed by atoms with Gasteiger partial charge in [-0.15, -0.1) is 0 Å². The van der Waals surface area contributed by atoms with Gasteiger partial charge in [-0.25, -0.2) is 0 Å². The Kier molecular flexibility index (Phi) is 37.3. The SMILES string of the molecule is CCCCC/C=C\C/C=C\CCCCCCCCC(CCCCCCCC/C=C\C/C=C\CCCCC)ONC(C)CCN(C)C. The van der Waals surface area contributed by atoms with Gasteiger partial charge in [0.05, 0.1) is 6.10 Å². The van der Waals surface area contributed by atoms with Crippen molar-refractivity contribution in [2.24, 2.45) is 0 Å². The summed E-state index contributed by atoms with van der Waals surface area (Å²) >= 11 is 0. The molecule has 46 heavy (non-hydrogen) atoms. The molecule has 0 saturated carbocycles. The lowest BCUT2D eigenvalue weighted by molar-refractivity contribution is -0.0519. The highest BCUT2D eigenvalue weighted by Gasteiger charge is 2.12. The van der Waals surface area contributed by atoms with Crippen molar-refractivity contribution in [3.63, 3.8) is 0 Å². The van der Waals surface area contributed by atoms with Gasteiger partial charge < -0.3 is 4.90 Å². The van der Waals surface area contributed by atoms with E-state index in [4.69, 9.17) is 4.84 Å². The van der Waals surface area contributed by atoms with Crippen LogP contribution in [-0.4, -0.2) is 37.7 Å². The molecule has 0 heterocycles. The smallest absolute Gasteiger partial charge is 0.0790 e. The van der Waals surface area contributed by atoms with Crippen molar-refractivity contribution >= 4 is 0 Å². The lowest BCUT2D eigenvalue weighted by Crippen LogP contribution is -2.33. The first-order valence-corrected chi connectivity index (χ1v) is 20.3. The molecule has 0 aliphatic rings. The first-order valence-electron chi connectivity index (χ1n) is 20.3. The summed E-state index contributed by atoms with van der Waals surface area (Å²) in [5, 5.41) is 0. The molecule has 0 aromatic heterocycles. The fourth-order valence-corrected chi connectivity index (χ4v) is 5.71. The molecular weight excluding hydrogens is 560 g/mol. The van der Waals surface area contributed by atoms with E-state index < -0.39 is 0 Å². The van der Waals surface area contributed by atoms with E-state index in [-0.39, 0.29) is 0 Å². The fraction of sp³-hybridized carbons (Fsp3) is 0.814. The van der Waals surface area contributed by atoms with E-state index in [1.165, 1.54) is 154 Å². The fourth-order valence-electron chi connectivity index (χ4n) is 5.71. The first-order chi connectivity index (χ1) is 22.6. The van der Waals surface area contributed by atoms with Gasteiger partial charge in [0.2, 0.25) is 0 Å². The normalized spacial score (nSPS) is 13.3. The summed E-state index contributed by atoms with van der Waals surface area (Å²) in [6, 6.07) is 0.400. The minimum atomic E-state index is 0.360. The highest BCUT2D eigenvalue weighted by Crippen LogP contribution is 2.17. The Morgan fingerprint density at radius 1 is 0.478 bits per heavy atom. The van der Waals surface area contributed by atoms with E-state index in [1.54, 1.807) is 0 Å². The summed E-state index contributed by atoms with van der Waals surface area (Å²) in [5.41, 5.74) is 3.40. The molecule has 0 bridgehead atoms. The number of hydrogen-bond donors (Lipinski definition) is 1. The molecule has 3 heteroatoms. The van der Waals surface area contributed by atoms with Crippen LogP contribution in [0.15, 0.2) is 48.6 Å². The predicted molar refractivity (Wildman–Crippen MR) is 209 cm³/mol. The maximum Gasteiger partial charge on any atom is 0.0790 e. The standard InChI is InChI=1S/C43H82N2O/c1-6-8-10-12-14-16-18-20-22-24-26-28-30-32-34-36-38-43(46-44-42(3)40-41-45(4)5)39-37-35-33-31-29-27-25-23-21-19-17-15-13-11-9-7-2/h14-17,20-23,42-44H,6-13,18-19,24-41H2,1-5H3/b16-14-,17-15-,22-20-,23-21-. The Bertz CT molecular complexity index is 647. The Hall–Kier alpha value is -1.16. The second-order valence-corrected chi connectivity index (χ2v) is 14.1. The molecule has 0 aliphatic carbocycles. The molecule has 0 fully saturated rings. The monoisotopic (exact) mass is 643 g/mol. The minimum Gasteiger partial charge on any atom is -0.309 e. The Morgan fingerprint density at radius 3 is 1.24 bits per heavy atom. The molecule has 1 unspecified atom stereocenters. The number of allylic oxidation sites excluding steroid dienone is 8. The zero-order valence-electron chi connectivity index (χ0n) is 31.9. The maximum atomic E-state index is 6.29. The second-order valence-electron chi connectivity index (χ2n) is 14.1. The lowest BCUT2D eigenvalue weighted by atomic mass is 10.0. The number of hydrogen-bond acceptors (Lipinski definition) is 3. The Balaban J connectivity index is 3.99. The molecule has 0 saturated heterocycles. The van der Waals surface area contributed by atoms with Crippen molar-refractivity contribution in [2.75, 3.05) is 20.6 Å². The van der Waals surface area contributed by atoms with Crippen molar-refractivity contribution < 1.29 is 4.84 Å². The van der Waals surface area contributed by atoms with Crippen LogP contribution < -0.4 is 5.48 Å². The van der Waals surface area contributed by atoms with Crippen LogP contribution in [-0.2, 0) is 4.84 Å². The van der Waals surface area contributed by atoms with Crippen molar-refractivity contribution in [1.29, 1.82) is 0 Å². The molecule has 1 N–H and O–H groups in total. The van der Waals surface area contributed by atoms with E-state index in [9.17, 15) is 0 Å². The van der Waals surface area contributed by atoms with Crippen LogP contribution in [0.25, 0.3) is 0 Å². The van der Waals surface area contributed by atoms with Gasteiger partial charge in [0.15, 0.2) is 0 Å². The molecule has 0 rings (SSSR count). The largest absolute Gasteiger partial charge is 0.309 e. The molecule has 0 amide bonds. The average molecular weight is 643 g/mol. The molecule has 0 aromatic rings. The van der Waals surface area contributed by atoms with E-state index in [0.717, 1.165) is 25.8 Å². The highest BCUT2D eigenvalue weighted by molar-refractivity contribution is 4.93. The van der Waals surface area contributed by atoms with Gasteiger partial charge in [0, 0.05) is 6.04 Å². The molecule has 0 spiro atoms. The van der Waals surface area contributed by atoms with E-state index in [1.807, 2.05) is 0 Å². The minimum absolute atomic E-state index is 0.360. The number of unbranched alkanes of at least 4 members (excludes halogenated alkanes) is 18. The number of rotatable bonds is 36. The lowest BCUT2D eigenvalue weighted by Gasteiger charge is -2.22. The van der Waals surface area contributed by atoms with Gasteiger partial charge in [-0.05, 0) is 111 Å². The summed E-state index contributed by atoms with van der Waals surface area (Å²) in [6.45, 7) is 7.89. The summed E-state index contributed by atoms with van der Waals surface area (Å²) < 4.78 is 0. The van der Waals surface area contributed by atoms with E-state index >= 15 is 0 Å². The van der Waals surface area contributed by atoms with Gasteiger partial charge in [-0.1, -0.05) is 152 Å². The topological polar surface area (TPSA) is 24.5 Å². The zero-order chi connectivity index (χ0) is 33.6. The van der Waals surface area contributed by atoms with Crippen molar-refractivity contribution in [3.05, 3.63) is 48.6 Å². The van der Waals surface area contributed by atoms with Crippen LogP contribution >= 0.6 is 0 Å². The van der Waals surface area contributed by atoms with Gasteiger partial charge in [-0.3, -0.25) is 4.84 Å². The summed E-state index contributed by atoms with van der Waals surface area (Å²) in [5.74, 6) is 0. The van der Waals surface area contributed by atoms with Crippen LogP contribution in [0.5, 0.6) is 0 Å². The molecule has 3 nitrogen and oxygen atoms in total. The maximum absolute atomic E-state index is 6.29. The summed E-state index contributed by atoms with van der Waals surface area (Å²) in [6.07, 6.45) is 54.1. The van der Waals surface area contributed by atoms with Crippen molar-refractivity contribution in [2.45, 2.75) is 206 Å². The van der Waals surface area contributed by atoms with Crippen LogP contribution in [0, 0.1) is 0 Å². The van der Waals surface area contributed by atoms with Gasteiger partial charge in [0.1, 0.15) is 0 Å². The van der Waals surface area contributed by atoms with Crippen molar-refractivity contribution in [1.82, 2.24) is 10.4 Å². The van der Waals surface area contributed by atoms with Crippen LogP contribution in [0.2, 0.25) is 0 Å². The zero-order valence-corrected chi connectivity index (χ0v) is 31.9. The van der Waals surface area contributed by atoms with Crippen molar-refractivity contribution in [3.8, 4) is 0 Å². The highest BCUT2D eigenvalue weighted by atomic mass is 16.7. The number of nitrogens with zero attached hydrogens (tertiary/aromatic N) is 1. The second kappa shape index (κ2) is 38.3. The van der Waals surface area contributed by atoms with E-state index in [0.29, 0.717) is 12.1 Å². The number of hydroxylamine groups is 1. The van der Waals surface area contributed by atoms with Crippen LogP contribution in [0.3, 0.4) is 0 Å². The van der Waals surface area contributed by atoms with Gasteiger partial charge in [-0.2, -0.15) is 5.48 Å². The van der Waals surface area contributed by atoms with Gasteiger partial charge >= 0.3 is 0 Å². The molecular formula is C43H82N2O. The molecule has 0 radical (unpaired) electrons. The predicted octanol–water partition coefficient (Wildman–Crippen LogP) is 13.6. The third kappa shape index (κ3) is 37.3. The third-order valence-electron chi connectivity index (χ3n) is 8.90. The Labute approximate surface area is 290 Å². The molecule has 1 atom stereocenters. The molecule has 270 valence electrons. The third-order valence-corrected chi connectivity index (χ3v) is 8.90. The Morgan fingerprint density at radius 2 is 0.848 bits per heavy atom. The molecule has 0 aromatic carbocycles. The van der Waals surface area contributed by atoms with Crippen LogP contribution in [0.1, 0.15) is 194 Å². The van der Waals surface area contributed by atoms with Crippen LogP contribution in [0.4, 0.5) is 0 Å². The van der Waals surface area contributed by atoms with E-state index in [2.05, 4.69) is 93.9 Å². The summed E-state index contributed by atoms with van der Waals surface area (Å²) in [4.78, 5) is 8.55. The molecule has 0 aliphatic heterocycles. The number of nitrogens with one attached hydrogen (secondary N) is 1. The quantitative estimate of drug-likeness (QED) is 0.0418.